The van der Waals surface area contributed by atoms with Gasteiger partial charge >= 0.3 is 0 Å². The van der Waals surface area contributed by atoms with Crippen molar-refractivity contribution >= 4 is 6.29 Å². The summed E-state index contributed by atoms with van der Waals surface area (Å²) in [5.41, 5.74) is 0.427. The second kappa shape index (κ2) is 3.20. The molecule has 0 aromatic carbocycles. The van der Waals surface area contributed by atoms with Crippen LogP contribution in [0.25, 0.3) is 0 Å². The molecule has 1 saturated carbocycles. The quantitative estimate of drug-likeness (QED) is 0.590. The van der Waals surface area contributed by atoms with Gasteiger partial charge in [0.15, 0.2) is 0 Å². The molecule has 0 saturated heterocycles. The van der Waals surface area contributed by atoms with Gasteiger partial charge in [0.05, 0.1) is 0 Å². The van der Waals surface area contributed by atoms with Crippen LogP contribution in [-0.4, -0.2) is 6.29 Å². The lowest BCUT2D eigenvalue weighted by Crippen LogP contribution is -2.07. The van der Waals surface area contributed by atoms with Crippen molar-refractivity contribution in [3.05, 3.63) is 0 Å². The maximum absolute atomic E-state index is 10.8. The number of carbonyl (C=O) groups is 1. The monoisotopic (exact) mass is 168 g/mol. The third kappa shape index (κ3) is 1.30. The molecule has 1 aliphatic carbocycles. The summed E-state index contributed by atoms with van der Waals surface area (Å²) in [7, 11) is 0. The minimum absolute atomic E-state index is 0.310. The van der Waals surface area contributed by atoms with E-state index in [-0.39, 0.29) is 0 Å². The van der Waals surface area contributed by atoms with Crippen LogP contribution in [0.5, 0.6) is 0 Å². The molecule has 0 N–H and O–H groups in total. The standard InChI is InChI=1S/C11H20O/c1-5-8(7-12)10-9(6-2)11(10,3)4/h7-10H,5-6H2,1-4H3. The van der Waals surface area contributed by atoms with E-state index in [1.165, 1.54) is 6.42 Å². The third-order valence-electron chi connectivity index (χ3n) is 3.69. The Bertz CT molecular complexity index is 172. The van der Waals surface area contributed by atoms with Gasteiger partial charge in [-0.2, -0.15) is 0 Å². The summed E-state index contributed by atoms with van der Waals surface area (Å²) in [5.74, 6) is 1.75. The van der Waals surface area contributed by atoms with E-state index in [1.807, 2.05) is 0 Å². The number of rotatable bonds is 4. The molecule has 1 aliphatic rings. The molecule has 3 unspecified atom stereocenters. The van der Waals surface area contributed by atoms with E-state index in [4.69, 9.17) is 0 Å². The molecule has 0 heterocycles. The predicted molar refractivity (Wildman–Crippen MR) is 50.9 cm³/mol. The van der Waals surface area contributed by atoms with Crippen molar-refractivity contribution in [3.8, 4) is 0 Å². The van der Waals surface area contributed by atoms with E-state index in [1.54, 1.807) is 0 Å². The molecule has 1 rings (SSSR count). The van der Waals surface area contributed by atoms with Crippen LogP contribution >= 0.6 is 0 Å². The van der Waals surface area contributed by atoms with Crippen molar-refractivity contribution in [2.24, 2.45) is 23.2 Å². The largest absolute Gasteiger partial charge is 0.303 e. The molecule has 0 aromatic rings. The average Bonchev–Trinajstić information content (AvgIpc) is 2.57. The van der Waals surface area contributed by atoms with Gasteiger partial charge in [0, 0.05) is 5.92 Å². The first-order chi connectivity index (χ1) is 5.59. The predicted octanol–water partition coefficient (Wildman–Crippen LogP) is 2.89. The highest BCUT2D eigenvalue weighted by Crippen LogP contribution is 2.63. The molecule has 0 radical (unpaired) electrons. The van der Waals surface area contributed by atoms with Gasteiger partial charge in [0.2, 0.25) is 0 Å². The zero-order valence-corrected chi connectivity index (χ0v) is 8.63. The van der Waals surface area contributed by atoms with E-state index in [0.29, 0.717) is 17.3 Å². The van der Waals surface area contributed by atoms with Crippen LogP contribution in [-0.2, 0) is 4.79 Å². The second-order valence-electron chi connectivity index (χ2n) is 4.57. The van der Waals surface area contributed by atoms with Crippen LogP contribution in [0.2, 0.25) is 0 Å². The van der Waals surface area contributed by atoms with Gasteiger partial charge in [0.1, 0.15) is 6.29 Å². The van der Waals surface area contributed by atoms with Crippen LogP contribution in [0.4, 0.5) is 0 Å². The number of hydrogen-bond donors (Lipinski definition) is 0. The highest BCUT2D eigenvalue weighted by Gasteiger charge is 2.58. The van der Waals surface area contributed by atoms with E-state index in [0.717, 1.165) is 18.6 Å². The summed E-state index contributed by atoms with van der Waals surface area (Å²) in [6.07, 6.45) is 3.39. The van der Waals surface area contributed by atoms with Gasteiger partial charge in [-0.1, -0.05) is 34.1 Å². The first-order valence-corrected chi connectivity index (χ1v) is 5.04. The van der Waals surface area contributed by atoms with Crippen LogP contribution in [0.3, 0.4) is 0 Å². The molecule has 0 spiro atoms. The molecular weight excluding hydrogens is 148 g/mol. The SMILES string of the molecule is CCC(C=O)C1C(CC)C1(C)C. The topological polar surface area (TPSA) is 17.1 Å². The molecule has 0 aliphatic heterocycles. The highest BCUT2D eigenvalue weighted by atomic mass is 16.1. The van der Waals surface area contributed by atoms with Crippen molar-refractivity contribution < 1.29 is 4.79 Å². The van der Waals surface area contributed by atoms with Crippen LogP contribution < -0.4 is 0 Å². The summed E-state index contributed by atoms with van der Waals surface area (Å²) in [6, 6.07) is 0. The zero-order valence-electron chi connectivity index (χ0n) is 8.63. The Morgan fingerprint density at radius 2 is 2.00 bits per heavy atom. The number of hydrogen-bond acceptors (Lipinski definition) is 1. The lowest BCUT2D eigenvalue weighted by Gasteiger charge is -2.07. The molecule has 1 nitrogen and oxygen atoms in total. The first kappa shape index (κ1) is 9.76. The minimum atomic E-state index is 0.310. The Morgan fingerprint density at radius 1 is 1.42 bits per heavy atom. The van der Waals surface area contributed by atoms with Crippen LogP contribution in [0, 0.1) is 23.2 Å². The summed E-state index contributed by atoms with van der Waals surface area (Å²) in [6.45, 7) is 8.92. The van der Waals surface area contributed by atoms with Crippen molar-refractivity contribution in [2.45, 2.75) is 40.5 Å². The highest BCUT2D eigenvalue weighted by molar-refractivity contribution is 5.55. The molecule has 3 atom stereocenters. The zero-order chi connectivity index (χ0) is 9.35. The Morgan fingerprint density at radius 3 is 2.25 bits per heavy atom. The average molecular weight is 168 g/mol. The normalized spacial score (nSPS) is 34.3. The van der Waals surface area contributed by atoms with E-state index < -0.39 is 0 Å². The van der Waals surface area contributed by atoms with Crippen molar-refractivity contribution in [3.63, 3.8) is 0 Å². The summed E-state index contributed by atoms with van der Waals surface area (Å²) in [4.78, 5) is 10.8. The van der Waals surface area contributed by atoms with Crippen molar-refractivity contribution in [1.82, 2.24) is 0 Å². The second-order valence-corrected chi connectivity index (χ2v) is 4.57. The number of aldehydes is 1. The van der Waals surface area contributed by atoms with Gasteiger partial charge in [-0.3, -0.25) is 0 Å². The van der Waals surface area contributed by atoms with E-state index in [9.17, 15) is 4.79 Å². The minimum Gasteiger partial charge on any atom is -0.303 e. The maximum Gasteiger partial charge on any atom is 0.123 e. The molecule has 12 heavy (non-hydrogen) atoms. The molecule has 0 aromatic heterocycles. The third-order valence-corrected chi connectivity index (χ3v) is 3.69. The van der Waals surface area contributed by atoms with Crippen molar-refractivity contribution in [2.75, 3.05) is 0 Å². The molecule has 0 bridgehead atoms. The summed E-state index contributed by atoms with van der Waals surface area (Å²) < 4.78 is 0. The van der Waals surface area contributed by atoms with E-state index in [2.05, 4.69) is 27.7 Å². The number of carbonyl (C=O) groups excluding carboxylic acids is 1. The fraction of sp³-hybridized carbons (Fsp3) is 0.909. The van der Waals surface area contributed by atoms with E-state index >= 15 is 0 Å². The smallest absolute Gasteiger partial charge is 0.123 e. The lowest BCUT2D eigenvalue weighted by molar-refractivity contribution is -0.112. The summed E-state index contributed by atoms with van der Waals surface area (Å²) in [5, 5.41) is 0. The lowest BCUT2D eigenvalue weighted by atomic mass is 9.96. The molecule has 1 heteroatoms. The van der Waals surface area contributed by atoms with Gasteiger partial charge in [-0.15, -0.1) is 0 Å². The molecule has 1 fully saturated rings. The van der Waals surface area contributed by atoms with Gasteiger partial charge in [0.25, 0.3) is 0 Å². The molecule has 0 amide bonds. The summed E-state index contributed by atoms with van der Waals surface area (Å²) >= 11 is 0. The van der Waals surface area contributed by atoms with Crippen molar-refractivity contribution in [1.29, 1.82) is 0 Å². The Kier molecular flexibility index (Phi) is 2.60. The fourth-order valence-corrected chi connectivity index (χ4v) is 2.85. The Labute approximate surface area is 75.5 Å². The van der Waals surface area contributed by atoms with Gasteiger partial charge < -0.3 is 4.79 Å². The van der Waals surface area contributed by atoms with Gasteiger partial charge in [-0.25, -0.2) is 0 Å². The van der Waals surface area contributed by atoms with Crippen LogP contribution in [0.15, 0.2) is 0 Å². The Hall–Kier alpha value is -0.330. The first-order valence-electron chi connectivity index (χ1n) is 5.04. The molecule has 70 valence electrons. The molecular formula is C11H20O. The van der Waals surface area contributed by atoms with Crippen LogP contribution in [0.1, 0.15) is 40.5 Å². The maximum atomic E-state index is 10.8. The Balaban J connectivity index is 2.61. The van der Waals surface area contributed by atoms with Gasteiger partial charge in [-0.05, 0) is 23.7 Å². The fourth-order valence-electron chi connectivity index (χ4n) is 2.85.